The highest BCUT2D eigenvalue weighted by Gasteiger charge is 2.13. The molecule has 1 aromatic carbocycles. The van der Waals surface area contributed by atoms with Gasteiger partial charge in [0.15, 0.2) is 0 Å². The van der Waals surface area contributed by atoms with Crippen molar-refractivity contribution in [3.63, 3.8) is 0 Å². The third kappa shape index (κ3) is 1.93. The van der Waals surface area contributed by atoms with Gasteiger partial charge in [0.05, 0.1) is 18.4 Å². The number of nitrogens with two attached hydrogens (primary N) is 1. The summed E-state index contributed by atoms with van der Waals surface area (Å²) in [7, 11) is 1.65. The Labute approximate surface area is 105 Å². The van der Waals surface area contributed by atoms with Crippen LogP contribution in [-0.4, -0.2) is 17.3 Å². The molecular weight excluding hydrogens is 230 g/mol. The first-order chi connectivity index (χ1) is 8.58. The minimum atomic E-state index is -0.168. The molecule has 18 heavy (non-hydrogen) atoms. The van der Waals surface area contributed by atoms with E-state index in [1.54, 1.807) is 7.11 Å². The van der Waals surface area contributed by atoms with Crippen LogP contribution in [0.4, 0.5) is 0 Å². The quantitative estimate of drug-likeness (QED) is 0.767. The second-order valence-electron chi connectivity index (χ2n) is 4.28. The first kappa shape index (κ1) is 12.4. The molecule has 0 spiro atoms. The van der Waals surface area contributed by atoms with E-state index in [0.717, 1.165) is 28.1 Å². The second kappa shape index (κ2) is 4.70. The molecule has 0 aliphatic heterocycles. The van der Waals surface area contributed by atoms with Crippen LogP contribution < -0.4 is 16.0 Å². The van der Waals surface area contributed by atoms with Crippen molar-refractivity contribution in [2.75, 3.05) is 7.11 Å². The Balaban J connectivity index is 2.61. The third-order valence-corrected chi connectivity index (χ3v) is 3.03. The van der Waals surface area contributed by atoms with Gasteiger partial charge in [0.25, 0.3) is 5.56 Å². The topological polar surface area (TPSA) is 83.9 Å². The molecule has 1 heterocycles. The second-order valence-corrected chi connectivity index (χ2v) is 4.28. The molecule has 5 heteroatoms. The molecule has 0 unspecified atom stereocenters. The van der Waals surface area contributed by atoms with Crippen LogP contribution >= 0.6 is 0 Å². The standard InChI is InChI=1S/C13H17N3O2/c1-7-4-9(5-8(2)12(7)18-3)11-10(6-14)13(17)16-15-11/h4-5H,6,14H2,1-3H3,(H2,15,16,17). The first-order valence-electron chi connectivity index (χ1n) is 5.73. The van der Waals surface area contributed by atoms with Crippen LogP contribution in [0.25, 0.3) is 11.3 Å². The van der Waals surface area contributed by atoms with Gasteiger partial charge in [-0.05, 0) is 37.1 Å². The molecule has 5 nitrogen and oxygen atoms in total. The summed E-state index contributed by atoms with van der Waals surface area (Å²) >= 11 is 0. The fourth-order valence-corrected chi connectivity index (χ4v) is 2.24. The molecule has 0 radical (unpaired) electrons. The van der Waals surface area contributed by atoms with Gasteiger partial charge in [-0.15, -0.1) is 0 Å². The van der Waals surface area contributed by atoms with Crippen molar-refractivity contribution >= 4 is 0 Å². The highest BCUT2D eigenvalue weighted by molar-refractivity contribution is 5.66. The number of aryl methyl sites for hydroxylation is 2. The van der Waals surface area contributed by atoms with E-state index < -0.39 is 0 Å². The zero-order valence-electron chi connectivity index (χ0n) is 10.8. The van der Waals surface area contributed by atoms with E-state index in [1.807, 2.05) is 26.0 Å². The number of H-pyrrole nitrogens is 2. The van der Waals surface area contributed by atoms with Crippen molar-refractivity contribution in [3.8, 4) is 17.0 Å². The smallest absolute Gasteiger partial charge is 0.269 e. The van der Waals surface area contributed by atoms with Crippen molar-refractivity contribution in [2.24, 2.45) is 5.73 Å². The largest absolute Gasteiger partial charge is 0.496 e. The lowest BCUT2D eigenvalue weighted by Gasteiger charge is -2.11. The average Bonchev–Trinajstić information content (AvgIpc) is 2.69. The summed E-state index contributed by atoms with van der Waals surface area (Å²) < 4.78 is 5.32. The van der Waals surface area contributed by atoms with Gasteiger partial charge in [0, 0.05) is 12.1 Å². The molecule has 0 aliphatic carbocycles. The van der Waals surface area contributed by atoms with Crippen LogP contribution in [0.15, 0.2) is 16.9 Å². The predicted molar refractivity (Wildman–Crippen MR) is 70.8 cm³/mol. The third-order valence-electron chi connectivity index (χ3n) is 3.03. The summed E-state index contributed by atoms with van der Waals surface area (Å²) in [5.41, 5.74) is 9.73. The lowest BCUT2D eigenvalue weighted by Crippen LogP contribution is -2.10. The molecule has 0 atom stereocenters. The summed E-state index contributed by atoms with van der Waals surface area (Å²) in [5, 5.41) is 5.44. The molecular formula is C13H17N3O2. The zero-order chi connectivity index (χ0) is 13.3. The van der Waals surface area contributed by atoms with E-state index in [0.29, 0.717) is 5.56 Å². The highest BCUT2D eigenvalue weighted by atomic mass is 16.5. The van der Waals surface area contributed by atoms with Gasteiger partial charge in [-0.25, -0.2) is 0 Å². The van der Waals surface area contributed by atoms with Gasteiger partial charge >= 0.3 is 0 Å². The summed E-state index contributed by atoms with van der Waals surface area (Å²) in [6.07, 6.45) is 0. The van der Waals surface area contributed by atoms with E-state index in [4.69, 9.17) is 10.5 Å². The molecule has 96 valence electrons. The number of hydrogen-bond donors (Lipinski definition) is 3. The Kier molecular flexibility index (Phi) is 3.25. The van der Waals surface area contributed by atoms with Gasteiger partial charge in [-0.2, -0.15) is 0 Å². The number of ether oxygens (including phenoxy) is 1. The Morgan fingerprint density at radius 3 is 2.33 bits per heavy atom. The molecule has 1 aromatic heterocycles. The molecule has 4 N–H and O–H groups in total. The van der Waals surface area contributed by atoms with E-state index in [1.165, 1.54) is 0 Å². The Bertz CT molecular complexity index is 602. The molecule has 0 saturated carbocycles. The van der Waals surface area contributed by atoms with Gasteiger partial charge in [-0.3, -0.25) is 15.0 Å². The summed E-state index contributed by atoms with van der Waals surface area (Å²) in [4.78, 5) is 11.5. The van der Waals surface area contributed by atoms with Crippen LogP contribution in [0.5, 0.6) is 5.75 Å². The number of aromatic nitrogens is 2. The van der Waals surface area contributed by atoms with Crippen molar-refractivity contribution in [3.05, 3.63) is 39.2 Å². The van der Waals surface area contributed by atoms with Crippen molar-refractivity contribution < 1.29 is 4.74 Å². The van der Waals surface area contributed by atoms with Gasteiger partial charge in [-0.1, -0.05) is 0 Å². The SMILES string of the molecule is COc1c(C)cc(-c2[nH][nH]c(=O)c2CN)cc1C. The number of hydrogen-bond acceptors (Lipinski definition) is 3. The molecule has 0 fully saturated rings. The Hall–Kier alpha value is -2.01. The Morgan fingerprint density at radius 2 is 1.83 bits per heavy atom. The lowest BCUT2D eigenvalue weighted by molar-refractivity contribution is 0.408. The van der Waals surface area contributed by atoms with Crippen LogP contribution in [0.2, 0.25) is 0 Å². The maximum Gasteiger partial charge on any atom is 0.269 e. The monoisotopic (exact) mass is 247 g/mol. The minimum Gasteiger partial charge on any atom is -0.496 e. The normalized spacial score (nSPS) is 10.7. The van der Waals surface area contributed by atoms with E-state index in [9.17, 15) is 4.79 Å². The predicted octanol–water partition coefficient (Wildman–Crippen LogP) is 1.45. The maximum absolute atomic E-state index is 11.5. The fraction of sp³-hybridized carbons (Fsp3) is 0.308. The summed E-state index contributed by atoms with van der Waals surface area (Å²) in [5.74, 6) is 0.867. The minimum absolute atomic E-state index is 0.168. The fourth-order valence-electron chi connectivity index (χ4n) is 2.24. The number of benzene rings is 1. The average molecular weight is 247 g/mol. The zero-order valence-corrected chi connectivity index (χ0v) is 10.8. The van der Waals surface area contributed by atoms with Gasteiger partial charge in [0.2, 0.25) is 0 Å². The van der Waals surface area contributed by atoms with Crippen LogP contribution in [0, 0.1) is 13.8 Å². The summed E-state index contributed by atoms with van der Waals surface area (Å²) in [6.45, 7) is 4.16. The molecule has 2 rings (SSSR count). The number of methoxy groups -OCH3 is 1. The van der Waals surface area contributed by atoms with Crippen LogP contribution in [0.1, 0.15) is 16.7 Å². The highest BCUT2D eigenvalue weighted by Crippen LogP contribution is 2.29. The van der Waals surface area contributed by atoms with Gasteiger partial charge in [0.1, 0.15) is 5.75 Å². The van der Waals surface area contributed by atoms with E-state index in [2.05, 4.69) is 10.2 Å². The van der Waals surface area contributed by atoms with Gasteiger partial charge < -0.3 is 10.5 Å². The number of rotatable bonds is 3. The van der Waals surface area contributed by atoms with E-state index in [-0.39, 0.29) is 12.1 Å². The molecule has 2 aromatic rings. The molecule has 0 saturated heterocycles. The number of nitrogens with one attached hydrogen (secondary N) is 2. The number of aromatic amines is 2. The molecule has 0 aliphatic rings. The van der Waals surface area contributed by atoms with Crippen LogP contribution in [-0.2, 0) is 6.54 Å². The molecule has 0 bridgehead atoms. The summed E-state index contributed by atoms with van der Waals surface area (Å²) in [6, 6.07) is 3.95. The lowest BCUT2D eigenvalue weighted by atomic mass is 10.0. The van der Waals surface area contributed by atoms with Crippen molar-refractivity contribution in [2.45, 2.75) is 20.4 Å². The van der Waals surface area contributed by atoms with E-state index >= 15 is 0 Å². The van der Waals surface area contributed by atoms with Crippen molar-refractivity contribution in [1.82, 2.24) is 10.2 Å². The van der Waals surface area contributed by atoms with Crippen LogP contribution in [0.3, 0.4) is 0 Å². The maximum atomic E-state index is 11.5. The first-order valence-corrected chi connectivity index (χ1v) is 5.73. The Morgan fingerprint density at radius 1 is 1.22 bits per heavy atom. The molecule has 0 amide bonds. The van der Waals surface area contributed by atoms with Crippen molar-refractivity contribution in [1.29, 1.82) is 0 Å².